The summed E-state index contributed by atoms with van der Waals surface area (Å²) < 4.78 is 36.8. The highest BCUT2D eigenvalue weighted by Gasteiger charge is 2.29. The SMILES string of the molecule is CCCC(Cl)Cc1ccc(C(F)(F)F)cc1. The van der Waals surface area contributed by atoms with Gasteiger partial charge in [0.25, 0.3) is 0 Å². The van der Waals surface area contributed by atoms with Crippen LogP contribution in [0.2, 0.25) is 0 Å². The second kappa shape index (κ2) is 5.58. The predicted octanol–water partition coefficient (Wildman–Crippen LogP) is 4.66. The Balaban J connectivity index is 2.65. The highest BCUT2D eigenvalue weighted by atomic mass is 35.5. The quantitative estimate of drug-likeness (QED) is 0.682. The largest absolute Gasteiger partial charge is 0.416 e. The van der Waals surface area contributed by atoms with Gasteiger partial charge >= 0.3 is 6.18 Å². The maximum Gasteiger partial charge on any atom is 0.416 e. The van der Waals surface area contributed by atoms with Crippen molar-refractivity contribution in [3.8, 4) is 0 Å². The molecule has 0 saturated carbocycles. The molecule has 1 rings (SSSR count). The van der Waals surface area contributed by atoms with Crippen molar-refractivity contribution in [2.75, 3.05) is 0 Å². The summed E-state index contributed by atoms with van der Waals surface area (Å²) >= 11 is 6.02. The van der Waals surface area contributed by atoms with Crippen LogP contribution in [0.25, 0.3) is 0 Å². The van der Waals surface area contributed by atoms with Crippen molar-refractivity contribution in [2.24, 2.45) is 0 Å². The van der Waals surface area contributed by atoms with Gasteiger partial charge in [-0.15, -0.1) is 11.6 Å². The van der Waals surface area contributed by atoms with Gasteiger partial charge < -0.3 is 0 Å². The van der Waals surface area contributed by atoms with E-state index in [0.717, 1.165) is 30.5 Å². The normalized spacial score (nSPS) is 13.8. The third-order valence-electron chi connectivity index (χ3n) is 2.34. The minimum absolute atomic E-state index is 0.00161. The molecule has 0 aliphatic carbocycles. The maximum absolute atomic E-state index is 12.3. The molecule has 0 saturated heterocycles. The molecule has 0 aliphatic rings. The summed E-state index contributed by atoms with van der Waals surface area (Å²) in [6.07, 6.45) is -1.78. The van der Waals surface area contributed by atoms with Gasteiger partial charge in [0.15, 0.2) is 0 Å². The van der Waals surface area contributed by atoms with Gasteiger partial charge in [-0.25, -0.2) is 0 Å². The molecule has 0 spiro atoms. The molecular weight excluding hydrogens is 237 g/mol. The van der Waals surface area contributed by atoms with Crippen LogP contribution in [0.1, 0.15) is 30.9 Å². The Hall–Kier alpha value is -0.700. The second-order valence-corrected chi connectivity index (χ2v) is 4.40. The molecule has 0 nitrogen and oxygen atoms in total. The fraction of sp³-hybridized carbons (Fsp3) is 0.500. The van der Waals surface area contributed by atoms with Crippen LogP contribution < -0.4 is 0 Å². The van der Waals surface area contributed by atoms with E-state index in [0.29, 0.717) is 6.42 Å². The molecule has 4 heteroatoms. The van der Waals surface area contributed by atoms with Crippen LogP contribution in [0.15, 0.2) is 24.3 Å². The van der Waals surface area contributed by atoms with E-state index < -0.39 is 11.7 Å². The zero-order valence-corrected chi connectivity index (χ0v) is 9.78. The van der Waals surface area contributed by atoms with E-state index in [-0.39, 0.29) is 5.38 Å². The van der Waals surface area contributed by atoms with Gasteiger partial charge in [-0.2, -0.15) is 13.2 Å². The van der Waals surface area contributed by atoms with E-state index in [1.807, 2.05) is 6.92 Å². The summed E-state index contributed by atoms with van der Waals surface area (Å²) in [6.45, 7) is 2.03. The van der Waals surface area contributed by atoms with E-state index >= 15 is 0 Å². The summed E-state index contributed by atoms with van der Waals surface area (Å²) in [6, 6.07) is 5.19. The fourth-order valence-corrected chi connectivity index (χ4v) is 1.90. The Bertz CT molecular complexity index is 316. The first-order chi connectivity index (χ1) is 7.43. The second-order valence-electron chi connectivity index (χ2n) is 3.78. The summed E-state index contributed by atoms with van der Waals surface area (Å²) in [5.74, 6) is 0. The van der Waals surface area contributed by atoms with Crippen LogP contribution in [0.3, 0.4) is 0 Å². The number of rotatable bonds is 4. The highest BCUT2D eigenvalue weighted by molar-refractivity contribution is 6.20. The van der Waals surface area contributed by atoms with Crippen LogP contribution in [0.5, 0.6) is 0 Å². The van der Waals surface area contributed by atoms with E-state index in [9.17, 15) is 13.2 Å². The predicted molar refractivity (Wildman–Crippen MR) is 59.7 cm³/mol. The number of halogens is 4. The average molecular weight is 251 g/mol. The smallest absolute Gasteiger partial charge is 0.166 e. The third kappa shape index (κ3) is 4.05. The van der Waals surface area contributed by atoms with Crippen LogP contribution in [0.4, 0.5) is 13.2 Å². The van der Waals surface area contributed by atoms with Crippen molar-refractivity contribution in [1.29, 1.82) is 0 Å². The standard InChI is InChI=1S/C12H14ClF3/c1-2-3-11(13)8-9-4-6-10(7-5-9)12(14,15)16/h4-7,11H,2-3,8H2,1H3. The lowest BCUT2D eigenvalue weighted by atomic mass is 10.0. The first kappa shape index (κ1) is 13.4. The zero-order chi connectivity index (χ0) is 12.2. The van der Waals surface area contributed by atoms with Crippen LogP contribution >= 0.6 is 11.6 Å². The van der Waals surface area contributed by atoms with Crippen LogP contribution in [-0.2, 0) is 12.6 Å². The first-order valence-corrected chi connectivity index (χ1v) is 5.67. The van der Waals surface area contributed by atoms with E-state index in [2.05, 4.69) is 0 Å². The molecule has 0 aromatic heterocycles. The molecule has 0 amide bonds. The lowest BCUT2D eigenvalue weighted by molar-refractivity contribution is -0.137. The minimum Gasteiger partial charge on any atom is -0.166 e. The van der Waals surface area contributed by atoms with Gasteiger partial charge in [-0.3, -0.25) is 0 Å². The third-order valence-corrected chi connectivity index (χ3v) is 2.71. The van der Waals surface area contributed by atoms with Gasteiger partial charge in [0, 0.05) is 5.38 Å². The van der Waals surface area contributed by atoms with Gasteiger partial charge in [-0.05, 0) is 30.5 Å². The van der Waals surface area contributed by atoms with E-state index in [4.69, 9.17) is 11.6 Å². The fourth-order valence-electron chi connectivity index (χ4n) is 1.50. The lowest BCUT2D eigenvalue weighted by Crippen LogP contribution is -2.06. The van der Waals surface area contributed by atoms with Gasteiger partial charge in [0.2, 0.25) is 0 Å². The Morgan fingerprint density at radius 2 is 1.75 bits per heavy atom. The molecule has 16 heavy (non-hydrogen) atoms. The molecule has 1 atom stereocenters. The molecule has 0 aliphatic heterocycles. The highest BCUT2D eigenvalue weighted by Crippen LogP contribution is 2.29. The average Bonchev–Trinajstić information content (AvgIpc) is 2.17. The van der Waals surface area contributed by atoms with Crippen LogP contribution in [0, 0.1) is 0 Å². The van der Waals surface area contributed by atoms with Crippen molar-refractivity contribution in [3.63, 3.8) is 0 Å². The Labute approximate surface area is 98.4 Å². The molecule has 1 aromatic rings. The molecule has 0 radical (unpaired) electrons. The molecule has 90 valence electrons. The number of alkyl halides is 4. The van der Waals surface area contributed by atoms with E-state index in [1.54, 1.807) is 0 Å². The van der Waals surface area contributed by atoms with Crippen molar-refractivity contribution < 1.29 is 13.2 Å². The monoisotopic (exact) mass is 250 g/mol. The van der Waals surface area contributed by atoms with Crippen molar-refractivity contribution in [1.82, 2.24) is 0 Å². The van der Waals surface area contributed by atoms with Crippen molar-refractivity contribution in [2.45, 2.75) is 37.7 Å². The van der Waals surface area contributed by atoms with Crippen molar-refractivity contribution >= 4 is 11.6 Å². The number of hydrogen-bond donors (Lipinski definition) is 0. The molecule has 0 heterocycles. The summed E-state index contributed by atoms with van der Waals surface area (Å²) in [4.78, 5) is 0. The Kier molecular flexibility index (Phi) is 4.66. The number of hydrogen-bond acceptors (Lipinski definition) is 0. The summed E-state index contributed by atoms with van der Waals surface area (Å²) in [5, 5.41) is 0.00161. The van der Waals surface area contributed by atoms with Crippen LogP contribution in [-0.4, -0.2) is 5.38 Å². The minimum atomic E-state index is -4.26. The molecule has 0 fully saturated rings. The zero-order valence-electron chi connectivity index (χ0n) is 9.02. The lowest BCUT2D eigenvalue weighted by Gasteiger charge is -2.10. The topological polar surface area (TPSA) is 0 Å². The van der Waals surface area contributed by atoms with Crippen molar-refractivity contribution in [3.05, 3.63) is 35.4 Å². The molecule has 1 aromatic carbocycles. The van der Waals surface area contributed by atoms with Gasteiger partial charge in [-0.1, -0.05) is 25.5 Å². The molecule has 1 unspecified atom stereocenters. The van der Waals surface area contributed by atoms with E-state index in [1.165, 1.54) is 12.1 Å². The Morgan fingerprint density at radius 3 is 2.19 bits per heavy atom. The maximum atomic E-state index is 12.3. The van der Waals surface area contributed by atoms with Gasteiger partial charge in [0.05, 0.1) is 5.56 Å². The van der Waals surface area contributed by atoms with Gasteiger partial charge in [0.1, 0.15) is 0 Å². The molecule has 0 N–H and O–H groups in total. The summed E-state index contributed by atoms with van der Waals surface area (Å²) in [7, 11) is 0. The molecule has 0 bridgehead atoms. The molecular formula is C12H14ClF3. The number of benzene rings is 1. The first-order valence-electron chi connectivity index (χ1n) is 5.23. The summed E-state index contributed by atoms with van der Waals surface area (Å²) in [5.41, 5.74) is 0.235. The Morgan fingerprint density at radius 1 is 1.19 bits per heavy atom.